The molecule has 25 heteroatoms. The molecule has 3 aliphatic rings. The van der Waals surface area contributed by atoms with Crippen molar-refractivity contribution in [1.82, 2.24) is 39.0 Å². The van der Waals surface area contributed by atoms with Gasteiger partial charge < -0.3 is 40.0 Å². The van der Waals surface area contributed by atoms with E-state index in [1.807, 2.05) is 0 Å². The number of anilines is 2. The molecule has 0 aromatic carbocycles. The van der Waals surface area contributed by atoms with Crippen molar-refractivity contribution in [2.75, 3.05) is 31.3 Å². The lowest BCUT2D eigenvalue weighted by molar-refractivity contribution is -0.0630. The quantitative estimate of drug-likeness (QED) is 0.121. The first kappa shape index (κ1) is 31.2. The largest absolute Gasteiger partial charge is 0.472 e. The van der Waals surface area contributed by atoms with E-state index in [0.29, 0.717) is 0 Å². The minimum absolute atomic E-state index is 0.0372. The minimum atomic E-state index is -5.06. The number of nitrogen functional groups attached to an aromatic ring is 2. The van der Waals surface area contributed by atoms with E-state index in [0.717, 1.165) is 13.9 Å². The van der Waals surface area contributed by atoms with Crippen LogP contribution in [-0.2, 0) is 36.7 Å². The molecule has 0 aliphatic carbocycles. The van der Waals surface area contributed by atoms with Gasteiger partial charge in [-0.15, -0.1) is 0 Å². The van der Waals surface area contributed by atoms with Crippen LogP contribution in [0.1, 0.15) is 12.5 Å². The predicted octanol–water partition coefficient (Wildman–Crippen LogP) is -1.48. The van der Waals surface area contributed by atoms with Gasteiger partial charge in [-0.1, -0.05) is 0 Å². The number of imidazole rings is 2. The molecule has 7 heterocycles. The number of alkyl halides is 1. The Balaban J connectivity index is 1.22. The summed E-state index contributed by atoms with van der Waals surface area (Å²) >= 11 is 0. The van der Waals surface area contributed by atoms with Crippen molar-refractivity contribution >= 4 is 57.0 Å². The number of aliphatic hydroxyl groups is 1. The van der Waals surface area contributed by atoms with Crippen LogP contribution in [0.3, 0.4) is 0 Å². The third-order valence-corrected chi connectivity index (χ3v) is 10.0. The van der Waals surface area contributed by atoms with E-state index in [2.05, 4.69) is 29.9 Å². The van der Waals surface area contributed by atoms with Crippen molar-refractivity contribution in [1.29, 1.82) is 0 Å². The third kappa shape index (κ3) is 5.41. The highest BCUT2D eigenvalue weighted by molar-refractivity contribution is 7.79. The lowest BCUT2D eigenvalue weighted by atomic mass is 9.99. The molecule has 46 heavy (non-hydrogen) atoms. The normalized spacial score (nSPS) is 37.1. The summed E-state index contributed by atoms with van der Waals surface area (Å²) in [7, 11) is -8.09. The van der Waals surface area contributed by atoms with Gasteiger partial charge in [-0.05, 0) is 0 Å². The van der Waals surface area contributed by atoms with Crippen molar-refractivity contribution in [3.8, 4) is 0 Å². The fourth-order valence-corrected chi connectivity index (χ4v) is 7.83. The number of hydrogen-bond acceptors (Lipinski definition) is 17. The highest BCUT2D eigenvalue weighted by atomic mass is 31.2. The number of nitrogens with two attached hydrogens (primary N) is 2. The second kappa shape index (κ2) is 11.4. The molecule has 7 rings (SSSR count). The van der Waals surface area contributed by atoms with Crippen molar-refractivity contribution < 1.29 is 51.1 Å². The van der Waals surface area contributed by atoms with E-state index < -0.39 is 89.6 Å². The van der Waals surface area contributed by atoms with Gasteiger partial charge in [0.15, 0.2) is 41.3 Å². The lowest BCUT2D eigenvalue weighted by Gasteiger charge is -2.26. The molecule has 2 bridgehead atoms. The summed E-state index contributed by atoms with van der Waals surface area (Å²) in [6.07, 6.45) is -6.95. The zero-order valence-electron chi connectivity index (χ0n) is 23.6. The number of phosphoric ester groups is 1. The number of phosphoric acid groups is 1. The summed E-state index contributed by atoms with van der Waals surface area (Å²) in [5, 5.41) is 10.3. The number of hydrogen-bond donors (Lipinski definition) is 5. The number of rotatable bonds is 3. The van der Waals surface area contributed by atoms with Crippen LogP contribution in [0.15, 0.2) is 23.8 Å². The topological polar surface area (TPSA) is 289 Å². The van der Waals surface area contributed by atoms with Gasteiger partial charge in [0.2, 0.25) is 5.95 Å². The summed E-state index contributed by atoms with van der Waals surface area (Å²) in [6.45, 7) is -1.95. The Hall–Kier alpha value is -3.37. The first-order valence-electron chi connectivity index (χ1n) is 13.6. The van der Waals surface area contributed by atoms with Crippen LogP contribution in [0.4, 0.5) is 16.2 Å². The summed E-state index contributed by atoms with van der Waals surface area (Å²) in [5.41, 5.74) is 11.0. The van der Waals surface area contributed by atoms with Gasteiger partial charge in [0, 0.05) is 5.92 Å². The van der Waals surface area contributed by atoms with Gasteiger partial charge in [0.05, 0.1) is 38.6 Å². The van der Waals surface area contributed by atoms with Crippen molar-refractivity contribution in [3.05, 3.63) is 29.3 Å². The van der Waals surface area contributed by atoms with Crippen LogP contribution >= 0.6 is 15.3 Å². The molecule has 4 aromatic rings. The van der Waals surface area contributed by atoms with Crippen LogP contribution < -0.4 is 17.0 Å². The number of aliphatic hydroxyl groups excluding tert-OH is 1. The number of aromatic amines is 1. The van der Waals surface area contributed by atoms with Gasteiger partial charge >= 0.3 is 7.82 Å². The molecular weight excluding hydrogens is 660 g/mol. The van der Waals surface area contributed by atoms with Gasteiger partial charge in [-0.3, -0.25) is 32.5 Å². The number of fused-ring (bicyclic) bond motifs is 5. The first-order chi connectivity index (χ1) is 21.9. The molecule has 0 saturated carbocycles. The van der Waals surface area contributed by atoms with Gasteiger partial charge in [-0.25, -0.2) is 28.9 Å². The highest BCUT2D eigenvalue weighted by Gasteiger charge is 2.54. The van der Waals surface area contributed by atoms with E-state index in [-0.39, 0.29) is 34.1 Å². The SMILES string of the molecule is B[P@]1(=O)OC[C@H]2O[C@@H](n3cnc4c(=O)[nH]c(N)nc43)[C@H](OP(=O)(O)OC[C@H]3O[C@@H](n4cnc5c(N)ncnc54)[C@H](F)[C@@H]3O1)[C@@H]2CO. The molecule has 3 fully saturated rings. The molecule has 4 aromatic heterocycles. The fourth-order valence-electron chi connectivity index (χ4n) is 5.69. The Morgan fingerprint density at radius 3 is 2.43 bits per heavy atom. The third-order valence-electron chi connectivity index (χ3n) is 7.80. The Kier molecular flexibility index (Phi) is 7.75. The number of nitrogens with one attached hydrogen (secondary N) is 1. The molecule has 0 radical (unpaired) electrons. The Labute approximate surface area is 256 Å². The molecule has 246 valence electrons. The number of H-pyrrole nitrogens is 1. The van der Waals surface area contributed by atoms with Gasteiger partial charge in [0.25, 0.3) is 20.6 Å². The zero-order valence-corrected chi connectivity index (χ0v) is 25.4. The number of halogens is 1. The lowest BCUT2D eigenvalue weighted by Crippen LogP contribution is -2.34. The van der Waals surface area contributed by atoms with Crippen molar-refractivity contribution in [2.45, 2.75) is 43.0 Å². The molecule has 1 unspecified atom stereocenters. The van der Waals surface area contributed by atoms with Crippen molar-refractivity contribution in [3.63, 3.8) is 0 Å². The second-order valence-electron chi connectivity index (χ2n) is 10.8. The number of ether oxygens (including phenoxy) is 2. The maximum atomic E-state index is 16.0. The molecule has 0 spiro atoms. The van der Waals surface area contributed by atoms with Crippen LogP contribution in [-0.4, -0.2) is 107 Å². The monoisotopic (exact) mass is 686 g/mol. The van der Waals surface area contributed by atoms with Gasteiger partial charge in [0.1, 0.15) is 30.2 Å². The van der Waals surface area contributed by atoms with E-state index in [1.54, 1.807) is 0 Å². The van der Waals surface area contributed by atoms with Crippen LogP contribution in [0.5, 0.6) is 0 Å². The number of aromatic nitrogens is 8. The van der Waals surface area contributed by atoms with E-state index in [4.69, 9.17) is 39.0 Å². The molecule has 21 nitrogen and oxygen atoms in total. The summed E-state index contributed by atoms with van der Waals surface area (Å²) in [5.74, 6) is -1.29. The number of nitrogens with zero attached hydrogens (tertiary/aromatic N) is 7. The maximum absolute atomic E-state index is 16.0. The second-order valence-corrected chi connectivity index (χ2v) is 14.2. The molecule has 0 amide bonds. The van der Waals surface area contributed by atoms with E-state index >= 15 is 4.39 Å². The Bertz CT molecular complexity index is 1960. The molecule has 7 N–H and O–H groups in total. The van der Waals surface area contributed by atoms with E-state index in [1.165, 1.54) is 21.8 Å². The fraction of sp³-hybridized carbons (Fsp3) is 0.524. The Morgan fingerprint density at radius 1 is 0.978 bits per heavy atom. The minimum Gasteiger partial charge on any atom is -0.396 e. The smallest absolute Gasteiger partial charge is 0.396 e. The van der Waals surface area contributed by atoms with Crippen LogP contribution in [0, 0.1) is 5.92 Å². The zero-order chi connectivity index (χ0) is 32.5. The summed E-state index contributed by atoms with van der Waals surface area (Å²) < 4.78 is 79.3. The first-order valence-corrected chi connectivity index (χ1v) is 17.1. The molecule has 3 saturated heterocycles. The standard InChI is InChI=1S/C21H26BFN10O11P2/c22-45(36)39-2-8-7(1-34)13(20(41-8)33-6-29-12-17(33)30-21(25)31-18(12)35)44-46(37,38)40-3-9-14(43-45)10(23)19(42-9)32-5-28-11-15(24)26-4-27-16(11)32/h4-10,13-14,19-20,34H,1-3,22H2,(H,37,38)(H2,24,26,27)(H3,25,30,31,35)/t7-,8-,9-,10-,13-,14-,19-,20-,45+/m1/s1. The Morgan fingerprint density at radius 2 is 1.67 bits per heavy atom. The van der Waals surface area contributed by atoms with Crippen LogP contribution in [0.25, 0.3) is 22.3 Å². The molecule has 10 atom stereocenters. The average molecular weight is 686 g/mol. The maximum Gasteiger partial charge on any atom is 0.472 e. The molecule has 3 aliphatic heterocycles. The summed E-state index contributed by atoms with van der Waals surface area (Å²) in [6, 6.07) is 0. The average Bonchev–Trinajstić information content (AvgIpc) is 3.75. The van der Waals surface area contributed by atoms with Crippen molar-refractivity contribution in [2.24, 2.45) is 5.92 Å². The van der Waals surface area contributed by atoms with Gasteiger partial charge in [-0.2, -0.15) is 4.98 Å². The van der Waals surface area contributed by atoms with Crippen LogP contribution in [0.2, 0.25) is 0 Å². The highest BCUT2D eigenvalue weighted by Crippen LogP contribution is 2.54. The summed E-state index contributed by atoms with van der Waals surface area (Å²) in [4.78, 5) is 45.6. The van der Waals surface area contributed by atoms with E-state index in [9.17, 15) is 23.9 Å². The predicted molar refractivity (Wildman–Crippen MR) is 153 cm³/mol. The molecular formula is C21H26BFN10O11P2.